The Morgan fingerprint density at radius 1 is 1.07 bits per heavy atom. The average Bonchev–Trinajstić information content (AvgIpc) is 3.19. The van der Waals surface area contributed by atoms with E-state index in [1.807, 2.05) is 24.5 Å². The molecule has 1 fully saturated rings. The quantitative estimate of drug-likeness (QED) is 0.496. The van der Waals surface area contributed by atoms with E-state index in [9.17, 15) is 9.90 Å². The summed E-state index contributed by atoms with van der Waals surface area (Å²) in [6.45, 7) is 2.11. The number of pyridine rings is 2. The van der Waals surface area contributed by atoms with Crippen LogP contribution >= 0.6 is 11.8 Å². The average molecular weight is 425 g/mol. The minimum absolute atomic E-state index is 0.0315. The van der Waals surface area contributed by atoms with E-state index in [1.54, 1.807) is 18.0 Å². The second kappa shape index (κ2) is 9.17. The maximum Gasteiger partial charge on any atom is 0.255 e. The molecule has 3 aromatic heterocycles. The molecule has 0 aliphatic heterocycles. The van der Waals surface area contributed by atoms with Crippen LogP contribution in [0.4, 0.5) is 11.8 Å². The number of hydrogen-bond acceptors (Lipinski definition) is 8. The Labute approximate surface area is 178 Å². The van der Waals surface area contributed by atoms with Gasteiger partial charge >= 0.3 is 0 Å². The third kappa shape index (κ3) is 4.91. The molecule has 8 nitrogen and oxygen atoms in total. The number of aromatic hydroxyl groups is 1. The van der Waals surface area contributed by atoms with E-state index in [0.29, 0.717) is 23.7 Å². The fourth-order valence-electron chi connectivity index (χ4n) is 3.56. The molecule has 1 aliphatic carbocycles. The molecule has 0 unspecified atom stereocenters. The van der Waals surface area contributed by atoms with Gasteiger partial charge < -0.3 is 15.7 Å². The summed E-state index contributed by atoms with van der Waals surface area (Å²) in [6.07, 6.45) is 9.73. The predicted molar refractivity (Wildman–Crippen MR) is 119 cm³/mol. The van der Waals surface area contributed by atoms with Gasteiger partial charge in [0, 0.05) is 35.4 Å². The first-order chi connectivity index (χ1) is 14.6. The molecule has 0 amide bonds. The van der Waals surface area contributed by atoms with E-state index in [1.165, 1.54) is 22.9 Å². The van der Waals surface area contributed by atoms with Gasteiger partial charge in [-0.15, -0.1) is 11.8 Å². The van der Waals surface area contributed by atoms with Gasteiger partial charge in [-0.1, -0.05) is 6.92 Å². The Bertz CT molecular complexity index is 1040. The first kappa shape index (κ1) is 20.2. The Morgan fingerprint density at radius 2 is 1.83 bits per heavy atom. The van der Waals surface area contributed by atoms with Crippen LogP contribution in [-0.2, 0) is 0 Å². The molecule has 3 aromatic rings. The molecular weight excluding hydrogens is 400 g/mol. The number of hydrogen-bond donors (Lipinski definition) is 3. The number of nitrogens with zero attached hydrogens (tertiary/aromatic N) is 4. The van der Waals surface area contributed by atoms with Crippen molar-refractivity contribution in [3.05, 3.63) is 59.4 Å². The molecular formula is C21H24N6O2S. The van der Waals surface area contributed by atoms with E-state index < -0.39 is 0 Å². The van der Waals surface area contributed by atoms with E-state index >= 15 is 0 Å². The maximum atomic E-state index is 12.0. The Balaban J connectivity index is 1.33. The van der Waals surface area contributed by atoms with Gasteiger partial charge in [0.05, 0.1) is 18.1 Å². The smallest absolute Gasteiger partial charge is 0.255 e. The van der Waals surface area contributed by atoms with Crippen LogP contribution in [0.2, 0.25) is 0 Å². The van der Waals surface area contributed by atoms with Gasteiger partial charge in [-0.05, 0) is 43.2 Å². The second-order valence-corrected chi connectivity index (χ2v) is 8.51. The molecule has 0 aromatic carbocycles. The molecule has 0 bridgehead atoms. The van der Waals surface area contributed by atoms with Crippen molar-refractivity contribution in [2.45, 2.75) is 43.2 Å². The molecule has 0 radical (unpaired) electrons. The van der Waals surface area contributed by atoms with Crippen LogP contribution < -0.4 is 16.2 Å². The lowest BCUT2D eigenvalue weighted by Gasteiger charge is -2.15. The molecule has 0 spiro atoms. The Morgan fingerprint density at radius 3 is 2.53 bits per heavy atom. The van der Waals surface area contributed by atoms with Crippen LogP contribution in [0, 0.1) is 0 Å². The zero-order chi connectivity index (χ0) is 20.9. The molecule has 1 aliphatic rings. The van der Waals surface area contributed by atoms with Crippen LogP contribution in [0.15, 0.2) is 58.7 Å². The fraction of sp³-hybridized carbons (Fsp3) is 0.333. The van der Waals surface area contributed by atoms with Crippen LogP contribution in [0.1, 0.15) is 26.2 Å². The topological polar surface area (TPSA) is 105 Å². The lowest BCUT2D eigenvalue weighted by molar-refractivity contribution is 0.470. The molecule has 0 saturated heterocycles. The minimum Gasteiger partial charge on any atom is -0.506 e. The van der Waals surface area contributed by atoms with Crippen molar-refractivity contribution in [1.29, 1.82) is 0 Å². The standard InChI is InChI=1S/C21H24N6O2S/c1-2-30-18-11-23-21(24-12-18)26-15-4-3-14(9-15)25-19-7-5-16(10-22-19)27-13-17(28)6-8-20(27)29/h5-8,10-15,28H,2-4,9H2,1H3,(H,22,25)(H,23,24,26)/t14-,15-/m0/s1. The van der Waals surface area contributed by atoms with E-state index in [0.717, 1.165) is 35.7 Å². The van der Waals surface area contributed by atoms with Crippen molar-refractivity contribution in [1.82, 2.24) is 19.5 Å². The van der Waals surface area contributed by atoms with Gasteiger partial charge in [-0.2, -0.15) is 0 Å². The number of aromatic nitrogens is 4. The molecule has 4 rings (SSSR count). The van der Waals surface area contributed by atoms with Gasteiger partial charge in [0.2, 0.25) is 5.95 Å². The molecule has 1 saturated carbocycles. The molecule has 9 heteroatoms. The SMILES string of the molecule is CCSc1cnc(N[C@H]2CC[C@H](Nc3ccc(-n4cc(O)ccc4=O)cn3)C2)nc1. The van der Waals surface area contributed by atoms with Gasteiger partial charge in [0.25, 0.3) is 5.56 Å². The van der Waals surface area contributed by atoms with Crippen molar-refractivity contribution < 1.29 is 5.11 Å². The molecule has 30 heavy (non-hydrogen) atoms. The van der Waals surface area contributed by atoms with Crippen LogP contribution in [0.3, 0.4) is 0 Å². The highest BCUT2D eigenvalue weighted by molar-refractivity contribution is 7.99. The van der Waals surface area contributed by atoms with Crippen LogP contribution in [0.5, 0.6) is 5.75 Å². The van der Waals surface area contributed by atoms with E-state index in [4.69, 9.17) is 0 Å². The van der Waals surface area contributed by atoms with Gasteiger partial charge in [-0.25, -0.2) is 15.0 Å². The van der Waals surface area contributed by atoms with Crippen molar-refractivity contribution in [3.8, 4) is 11.4 Å². The highest BCUT2D eigenvalue weighted by atomic mass is 32.2. The highest BCUT2D eigenvalue weighted by Crippen LogP contribution is 2.25. The summed E-state index contributed by atoms with van der Waals surface area (Å²) in [5.74, 6) is 2.46. The Hall–Kier alpha value is -3.07. The van der Waals surface area contributed by atoms with Crippen LogP contribution in [0.25, 0.3) is 5.69 Å². The third-order valence-electron chi connectivity index (χ3n) is 4.98. The van der Waals surface area contributed by atoms with Crippen molar-refractivity contribution in [3.63, 3.8) is 0 Å². The number of nitrogens with one attached hydrogen (secondary N) is 2. The summed E-state index contributed by atoms with van der Waals surface area (Å²) in [5, 5.41) is 16.5. The molecule has 2 atom stereocenters. The Kier molecular flexibility index (Phi) is 6.18. The van der Waals surface area contributed by atoms with Gasteiger partial charge in [-0.3, -0.25) is 9.36 Å². The number of thioether (sulfide) groups is 1. The molecule has 3 heterocycles. The highest BCUT2D eigenvalue weighted by Gasteiger charge is 2.25. The minimum atomic E-state index is -0.219. The van der Waals surface area contributed by atoms with Crippen molar-refractivity contribution in [2.75, 3.05) is 16.4 Å². The summed E-state index contributed by atoms with van der Waals surface area (Å²) < 4.78 is 1.37. The zero-order valence-electron chi connectivity index (χ0n) is 16.7. The van der Waals surface area contributed by atoms with E-state index in [2.05, 4.69) is 32.5 Å². The lowest BCUT2D eigenvalue weighted by Crippen LogP contribution is -2.22. The van der Waals surface area contributed by atoms with E-state index in [-0.39, 0.29) is 11.3 Å². The summed E-state index contributed by atoms with van der Waals surface area (Å²) in [4.78, 5) is 26.3. The summed E-state index contributed by atoms with van der Waals surface area (Å²) in [5.41, 5.74) is 0.387. The summed E-state index contributed by atoms with van der Waals surface area (Å²) in [6, 6.07) is 6.98. The summed E-state index contributed by atoms with van der Waals surface area (Å²) >= 11 is 1.73. The first-order valence-electron chi connectivity index (χ1n) is 9.96. The second-order valence-electron chi connectivity index (χ2n) is 7.17. The zero-order valence-corrected chi connectivity index (χ0v) is 17.5. The maximum absolute atomic E-state index is 12.0. The molecule has 3 N–H and O–H groups in total. The largest absolute Gasteiger partial charge is 0.506 e. The fourth-order valence-corrected chi connectivity index (χ4v) is 4.15. The first-order valence-corrected chi connectivity index (χ1v) is 11.0. The monoisotopic (exact) mass is 424 g/mol. The third-order valence-corrected chi connectivity index (χ3v) is 5.81. The summed E-state index contributed by atoms with van der Waals surface area (Å²) in [7, 11) is 0. The molecule has 156 valence electrons. The van der Waals surface area contributed by atoms with Crippen molar-refractivity contribution in [2.24, 2.45) is 0 Å². The number of anilines is 2. The van der Waals surface area contributed by atoms with Crippen LogP contribution in [-0.4, -0.2) is 42.5 Å². The van der Waals surface area contributed by atoms with Gasteiger partial charge in [0.1, 0.15) is 11.6 Å². The predicted octanol–water partition coefficient (Wildman–Crippen LogP) is 3.29. The normalized spacial score (nSPS) is 18.3. The van der Waals surface area contributed by atoms with Crippen molar-refractivity contribution >= 4 is 23.5 Å². The lowest BCUT2D eigenvalue weighted by atomic mass is 10.2. The number of rotatable bonds is 7. The van der Waals surface area contributed by atoms with Gasteiger partial charge in [0.15, 0.2) is 0 Å².